The third kappa shape index (κ3) is 0.872. The highest BCUT2D eigenvalue weighted by atomic mass is 14.7. The molecule has 0 saturated heterocycles. The van der Waals surface area contributed by atoms with Gasteiger partial charge in [-0.25, -0.2) is 0 Å². The van der Waals surface area contributed by atoms with E-state index in [4.69, 9.17) is 2.74 Å². The van der Waals surface area contributed by atoms with Crippen LogP contribution in [0.2, 0.25) is 0 Å². The molecule has 13 heavy (non-hydrogen) atoms. The van der Waals surface area contributed by atoms with Gasteiger partial charge in [0, 0.05) is 21.8 Å². The molecule has 3 rings (SSSR count). The zero-order chi connectivity index (χ0) is 10.4. The van der Waals surface area contributed by atoms with Gasteiger partial charge >= 0.3 is 0 Å². The van der Waals surface area contributed by atoms with Gasteiger partial charge in [0.1, 0.15) is 0 Å². The molecular formula is C12H9N. The first kappa shape index (κ1) is 5.07. The van der Waals surface area contributed by atoms with Crippen LogP contribution in [0, 0.1) is 0 Å². The minimum atomic E-state index is 0.471. The lowest BCUT2D eigenvalue weighted by Crippen LogP contribution is -1.62. The van der Waals surface area contributed by atoms with Crippen LogP contribution in [0.5, 0.6) is 0 Å². The smallest absolute Gasteiger partial charge is 0.0630 e. The molecule has 0 bridgehead atoms. The lowest BCUT2D eigenvalue weighted by atomic mass is 10.2. The quantitative estimate of drug-likeness (QED) is 0.531. The standard InChI is InChI=1S/C12H9N/c1-3-7-11-9(5-1)10-6-2-4-8-12(10)13-11/h1-8,13H/i5D,6D. The van der Waals surface area contributed by atoms with Crippen molar-refractivity contribution < 1.29 is 2.74 Å². The van der Waals surface area contributed by atoms with Crippen LogP contribution in [0.4, 0.5) is 0 Å². The molecule has 0 spiro atoms. The van der Waals surface area contributed by atoms with Gasteiger partial charge < -0.3 is 4.98 Å². The van der Waals surface area contributed by atoms with Gasteiger partial charge in [-0.1, -0.05) is 36.4 Å². The van der Waals surface area contributed by atoms with Crippen molar-refractivity contribution in [3.63, 3.8) is 0 Å². The van der Waals surface area contributed by atoms with E-state index in [0.717, 1.165) is 21.8 Å². The predicted octanol–water partition coefficient (Wildman–Crippen LogP) is 3.32. The van der Waals surface area contributed by atoms with E-state index in [2.05, 4.69) is 4.98 Å². The minimum Gasteiger partial charge on any atom is -0.355 e. The van der Waals surface area contributed by atoms with Crippen molar-refractivity contribution in [1.29, 1.82) is 0 Å². The summed E-state index contributed by atoms with van der Waals surface area (Å²) in [5.41, 5.74) is 1.86. The third-order valence-electron chi connectivity index (χ3n) is 2.23. The van der Waals surface area contributed by atoms with Crippen molar-refractivity contribution in [3.05, 3.63) is 48.5 Å². The van der Waals surface area contributed by atoms with Crippen molar-refractivity contribution in [2.24, 2.45) is 0 Å². The van der Waals surface area contributed by atoms with Crippen LogP contribution in [-0.4, -0.2) is 4.98 Å². The predicted molar refractivity (Wildman–Crippen MR) is 55.8 cm³/mol. The van der Waals surface area contributed by atoms with Crippen LogP contribution in [0.1, 0.15) is 2.74 Å². The first-order valence-corrected chi connectivity index (χ1v) is 4.24. The van der Waals surface area contributed by atoms with Crippen molar-refractivity contribution >= 4 is 21.8 Å². The van der Waals surface area contributed by atoms with Crippen molar-refractivity contribution in [2.45, 2.75) is 0 Å². The zero-order valence-electron chi connectivity index (χ0n) is 8.96. The molecule has 62 valence electrons. The largest absolute Gasteiger partial charge is 0.355 e. The second kappa shape index (κ2) is 2.36. The van der Waals surface area contributed by atoms with Crippen molar-refractivity contribution in [3.8, 4) is 0 Å². The summed E-state index contributed by atoms with van der Waals surface area (Å²) in [5, 5.41) is 1.69. The van der Waals surface area contributed by atoms with E-state index in [-0.39, 0.29) is 0 Å². The number of fused-ring (bicyclic) bond motifs is 3. The van der Waals surface area contributed by atoms with Gasteiger partial charge in [-0.2, -0.15) is 0 Å². The number of nitrogens with one attached hydrogen (secondary N) is 1. The Kier molecular flexibility index (Phi) is 0.922. The molecular weight excluding hydrogens is 158 g/mol. The van der Waals surface area contributed by atoms with Crippen LogP contribution in [0.15, 0.2) is 48.5 Å². The number of rotatable bonds is 0. The Hall–Kier alpha value is -1.76. The summed E-state index contributed by atoms with van der Waals surface area (Å²) in [6, 6.07) is 12.0. The Morgan fingerprint density at radius 3 is 1.92 bits per heavy atom. The van der Waals surface area contributed by atoms with E-state index in [1.165, 1.54) is 0 Å². The minimum absolute atomic E-state index is 0.471. The van der Waals surface area contributed by atoms with E-state index in [1.807, 2.05) is 24.3 Å². The zero-order valence-corrected chi connectivity index (χ0v) is 6.96. The monoisotopic (exact) mass is 169 g/mol. The summed E-state index contributed by atoms with van der Waals surface area (Å²) in [4.78, 5) is 3.22. The molecule has 0 saturated carbocycles. The summed E-state index contributed by atoms with van der Waals surface area (Å²) in [6.45, 7) is 0. The lowest BCUT2D eigenvalue weighted by Gasteiger charge is -1.87. The fraction of sp³-hybridized carbons (Fsp3) is 0. The topological polar surface area (TPSA) is 15.8 Å². The molecule has 1 heteroatoms. The molecule has 1 nitrogen and oxygen atoms in total. The average molecular weight is 169 g/mol. The highest BCUT2D eigenvalue weighted by molar-refractivity contribution is 6.06. The van der Waals surface area contributed by atoms with Crippen LogP contribution in [0.3, 0.4) is 0 Å². The number of aromatic nitrogens is 1. The maximum Gasteiger partial charge on any atom is 0.0630 e. The molecule has 0 unspecified atom stereocenters. The summed E-state index contributed by atoms with van der Waals surface area (Å²) < 4.78 is 15.7. The van der Waals surface area contributed by atoms with Gasteiger partial charge in [-0.15, -0.1) is 0 Å². The van der Waals surface area contributed by atoms with E-state index in [1.54, 1.807) is 12.1 Å². The average Bonchev–Trinajstić information content (AvgIpc) is 2.58. The first-order chi connectivity index (χ1) is 7.27. The molecule has 0 aliphatic heterocycles. The highest BCUT2D eigenvalue weighted by Crippen LogP contribution is 2.24. The number of benzene rings is 2. The number of H-pyrrole nitrogens is 1. The highest BCUT2D eigenvalue weighted by Gasteiger charge is 2.00. The van der Waals surface area contributed by atoms with E-state index in [0.29, 0.717) is 12.1 Å². The molecule has 0 atom stereocenters. The van der Waals surface area contributed by atoms with E-state index in [9.17, 15) is 0 Å². The maximum absolute atomic E-state index is 7.86. The number of para-hydroxylation sites is 2. The normalized spacial score (nSPS) is 13.2. The molecule has 0 aliphatic rings. The van der Waals surface area contributed by atoms with Gasteiger partial charge in [-0.05, 0) is 12.1 Å². The van der Waals surface area contributed by atoms with Crippen LogP contribution < -0.4 is 0 Å². The first-order valence-electron chi connectivity index (χ1n) is 5.24. The van der Waals surface area contributed by atoms with Gasteiger partial charge in [0.15, 0.2) is 0 Å². The molecule has 1 N–H and O–H groups in total. The maximum atomic E-state index is 7.86. The van der Waals surface area contributed by atoms with Gasteiger partial charge in [0.05, 0.1) is 2.74 Å². The third-order valence-corrected chi connectivity index (χ3v) is 2.23. The number of hydrogen-bond donors (Lipinski definition) is 1. The summed E-state index contributed by atoms with van der Waals surface area (Å²) in [6.07, 6.45) is 0. The Morgan fingerprint density at radius 1 is 0.846 bits per heavy atom. The van der Waals surface area contributed by atoms with Crippen LogP contribution >= 0.6 is 0 Å². The number of hydrogen-bond acceptors (Lipinski definition) is 0. The van der Waals surface area contributed by atoms with Crippen LogP contribution in [-0.2, 0) is 0 Å². The SMILES string of the molecule is [2H]c1cccc2[nH]c3cccc([2H])c3c12. The van der Waals surface area contributed by atoms with Gasteiger partial charge in [0.25, 0.3) is 0 Å². The van der Waals surface area contributed by atoms with Crippen molar-refractivity contribution in [2.75, 3.05) is 0 Å². The van der Waals surface area contributed by atoms with E-state index < -0.39 is 0 Å². The fourth-order valence-electron chi connectivity index (χ4n) is 1.64. The molecule has 1 heterocycles. The Morgan fingerprint density at radius 2 is 1.38 bits per heavy atom. The fourth-order valence-corrected chi connectivity index (χ4v) is 1.64. The Balaban J connectivity index is 2.67. The second-order valence-electron chi connectivity index (χ2n) is 3.04. The molecule has 0 radical (unpaired) electrons. The van der Waals surface area contributed by atoms with E-state index >= 15 is 0 Å². The molecule has 1 aromatic heterocycles. The second-order valence-corrected chi connectivity index (χ2v) is 3.04. The molecule has 2 aromatic carbocycles. The number of aromatic amines is 1. The molecule has 0 amide bonds. The van der Waals surface area contributed by atoms with Gasteiger partial charge in [-0.3, -0.25) is 0 Å². The Bertz CT molecular complexity index is 599. The summed E-state index contributed by atoms with van der Waals surface area (Å²) >= 11 is 0. The summed E-state index contributed by atoms with van der Waals surface area (Å²) in [7, 11) is 0. The summed E-state index contributed by atoms with van der Waals surface area (Å²) in [5.74, 6) is 0. The molecule has 0 aliphatic carbocycles. The molecule has 0 fully saturated rings. The van der Waals surface area contributed by atoms with Crippen LogP contribution in [0.25, 0.3) is 21.8 Å². The Labute approximate surface area is 78.8 Å². The van der Waals surface area contributed by atoms with Crippen molar-refractivity contribution in [1.82, 2.24) is 4.98 Å². The molecule has 3 aromatic rings. The van der Waals surface area contributed by atoms with Gasteiger partial charge in [0.2, 0.25) is 0 Å². The lowest BCUT2D eigenvalue weighted by molar-refractivity contribution is 1.55.